The van der Waals surface area contributed by atoms with Gasteiger partial charge in [0.25, 0.3) is 5.56 Å². The maximum atomic E-state index is 12.8. The number of amides is 1. The summed E-state index contributed by atoms with van der Waals surface area (Å²) in [6.45, 7) is 3.35. The van der Waals surface area contributed by atoms with E-state index in [0.717, 1.165) is 30.6 Å². The third kappa shape index (κ3) is 3.87. The van der Waals surface area contributed by atoms with Gasteiger partial charge in [0.15, 0.2) is 0 Å². The first-order chi connectivity index (χ1) is 12.5. The molecule has 2 aromatic rings. The molecule has 0 unspecified atom stereocenters. The van der Waals surface area contributed by atoms with Gasteiger partial charge in [0.05, 0.1) is 30.6 Å². The molecule has 1 saturated heterocycles. The fourth-order valence-corrected chi connectivity index (χ4v) is 3.21. The van der Waals surface area contributed by atoms with Crippen molar-refractivity contribution in [2.75, 3.05) is 30.4 Å². The van der Waals surface area contributed by atoms with E-state index in [0.29, 0.717) is 18.0 Å². The number of methoxy groups -OCH3 is 1. The van der Waals surface area contributed by atoms with Gasteiger partial charge in [-0.15, -0.1) is 0 Å². The summed E-state index contributed by atoms with van der Waals surface area (Å²) in [5.41, 5.74) is 2.35. The van der Waals surface area contributed by atoms with E-state index in [9.17, 15) is 9.59 Å². The molecule has 0 spiro atoms. The van der Waals surface area contributed by atoms with Crippen molar-refractivity contribution in [1.29, 1.82) is 0 Å². The molecule has 0 aliphatic carbocycles. The predicted octanol–water partition coefficient (Wildman–Crippen LogP) is 1.95. The van der Waals surface area contributed by atoms with E-state index >= 15 is 0 Å². The number of nitrogens with zero attached hydrogens (tertiary/aromatic N) is 3. The molecule has 2 heterocycles. The Morgan fingerprint density at radius 1 is 1.35 bits per heavy atom. The number of anilines is 2. The van der Waals surface area contributed by atoms with Crippen molar-refractivity contribution in [2.45, 2.75) is 19.8 Å². The van der Waals surface area contributed by atoms with E-state index in [1.807, 2.05) is 25.1 Å². The van der Waals surface area contributed by atoms with Gasteiger partial charge in [0, 0.05) is 26.2 Å². The number of aromatic nitrogens is 2. The number of piperidine rings is 1. The molecule has 0 saturated carbocycles. The summed E-state index contributed by atoms with van der Waals surface area (Å²) in [6.07, 6.45) is 3.37. The fraction of sp³-hybridized carbons (Fsp3) is 0.421. The Kier molecular flexibility index (Phi) is 5.25. The standard InChI is InChI=1S/C19H24N4O3/c1-13-6-7-17(26-3)16(9-13)21-19(25)14-5-4-8-23(12-14)15-10-18(24)22(2)20-11-15/h6-7,9-11,14H,4-5,8,12H2,1-3H3,(H,21,25)/t14-/m1/s1. The zero-order chi connectivity index (χ0) is 18.7. The number of hydrogen-bond donors (Lipinski definition) is 1. The molecule has 1 aromatic heterocycles. The van der Waals surface area contributed by atoms with Gasteiger partial charge in [0.2, 0.25) is 5.91 Å². The van der Waals surface area contributed by atoms with Crippen molar-refractivity contribution < 1.29 is 9.53 Å². The molecule has 1 fully saturated rings. The van der Waals surface area contributed by atoms with Crippen LogP contribution in [0.15, 0.2) is 35.3 Å². The van der Waals surface area contributed by atoms with Gasteiger partial charge in [0.1, 0.15) is 5.75 Å². The number of benzene rings is 1. The van der Waals surface area contributed by atoms with Crippen molar-refractivity contribution >= 4 is 17.3 Å². The van der Waals surface area contributed by atoms with Crippen LogP contribution in [0.4, 0.5) is 11.4 Å². The molecular weight excluding hydrogens is 332 g/mol. The molecule has 0 radical (unpaired) electrons. The SMILES string of the molecule is COc1ccc(C)cc1NC(=O)[C@@H]1CCCN(c2cnn(C)c(=O)c2)C1. The van der Waals surface area contributed by atoms with Crippen molar-refractivity contribution in [3.05, 3.63) is 46.4 Å². The van der Waals surface area contributed by atoms with Crippen LogP contribution in [0.3, 0.4) is 0 Å². The van der Waals surface area contributed by atoms with Crippen molar-refractivity contribution in [1.82, 2.24) is 9.78 Å². The Balaban J connectivity index is 1.73. The maximum Gasteiger partial charge on any atom is 0.268 e. The van der Waals surface area contributed by atoms with Gasteiger partial charge >= 0.3 is 0 Å². The second-order valence-electron chi connectivity index (χ2n) is 6.65. The van der Waals surface area contributed by atoms with Crippen LogP contribution in [-0.4, -0.2) is 35.9 Å². The number of aryl methyl sites for hydroxylation is 2. The number of hydrogen-bond acceptors (Lipinski definition) is 5. The molecule has 3 rings (SSSR count). The minimum absolute atomic E-state index is 0.0320. The van der Waals surface area contributed by atoms with Gasteiger partial charge in [-0.25, -0.2) is 4.68 Å². The highest BCUT2D eigenvalue weighted by molar-refractivity contribution is 5.94. The molecule has 0 bridgehead atoms. The van der Waals surface area contributed by atoms with Gasteiger partial charge in [-0.05, 0) is 37.5 Å². The highest BCUT2D eigenvalue weighted by atomic mass is 16.5. The Morgan fingerprint density at radius 2 is 2.15 bits per heavy atom. The minimum Gasteiger partial charge on any atom is -0.495 e. The minimum atomic E-state index is -0.155. The van der Waals surface area contributed by atoms with Crippen LogP contribution in [0.5, 0.6) is 5.75 Å². The van der Waals surface area contributed by atoms with E-state index in [2.05, 4.69) is 15.3 Å². The highest BCUT2D eigenvalue weighted by Gasteiger charge is 2.27. The second kappa shape index (κ2) is 7.59. The topological polar surface area (TPSA) is 76.5 Å². The number of ether oxygens (including phenoxy) is 1. The fourth-order valence-electron chi connectivity index (χ4n) is 3.21. The summed E-state index contributed by atoms with van der Waals surface area (Å²) in [5, 5.41) is 7.06. The number of carbonyl (C=O) groups excluding carboxylic acids is 1. The van der Waals surface area contributed by atoms with Crippen LogP contribution in [0.1, 0.15) is 18.4 Å². The third-order valence-electron chi connectivity index (χ3n) is 4.72. The number of nitrogens with one attached hydrogen (secondary N) is 1. The number of rotatable bonds is 4. The van der Waals surface area contributed by atoms with Crippen molar-refractivity contribution in [2.24, 2.45) is 13.0 Å². The van der Waals surface area contributed by atoms with E-state index in [4.69, 9.17) is 4.74 Å². The van der Waals surface area contributed by atoms with Gasteiger partial charge in [-0.1, -0.05) is 6.07 Å². The Bertz CT molecular complexity index is 862. The van der Waals surface area contributed by atoms with Gasteiger partial charge < -0.3 is 15.0 Å². The molecule has 1 amide bonds. The Labute approximate surface area is 152 Å². The van der Waals surface area contributed by atoms with Crippen LogP contribution in [0, 0.1) is 12.8 Å². The lowest BCUT2D eigenvalue weighted by atomic mass is 9.96. The van der Waals surface area contributed by atoms with E-state index in [1.54, 1.807) is 26.4 Å². The first-order valence-electron chi connectivity index (χ1n) is 8.71. The Morgan fingerprint density at radius 3 is 2.88 bits per heavy atom. The molecule has 7 heteroatoms. The van der Waals surface area contributed by atoms with E-state index in [-0.39, 0.29) is 17.4 Å². The molecule has 7 nitrogen and oxygen atoms in total. The highest BCUT2D eigenvalue weighted by Crippen LogP contribution is 2.28. The molecule has 138 valence electrons. The van der Waals surface area contributed by atoms with Crippen LogP contribution >= 0.6 is 0 Å². The first kappa shape index (κ1) is 18.0. The molecule has 1 aromatic carbocycles. The summed E-state index contributed by atoms with van der Waals surface area (Å²) in [4.78, 5) is 26.6. The van der Waals surface area contributed by atoms with Crippen molar-refractivity contribution in [3.63, 3.8) is 0 Å². The monoisotopic (exact) mass is 356 g/mol. The summed E-state index contributed by atoms with van der Waals surface area (Å²) < 4.78 is 6.63. The zero-order valence-corrected chi connectivity index (χ0v) is 15.4. The van der Waals surface area contributed by atoms with Gasteiger partial charge in [-0.3, -0.25) is 9.59 Å². The lowest BCUT2D eigenvalue weighted by Crippen LogP contribution is -2.41. The lowest BCUT2D eigenvalue weighted by Gasteiger charge is -2.33. The second-order valence-corrected chi connectivity index (χ2v) is 6.65. The van der Waals surface area contributed by atoms with Crippen LogP contribution in [0.2, 0.25) is 0 Å². The smallest absolute Gasteiger partial charge is 0.268 e. The van der Waals surface area contributed by atoms with Gasteiger partial charge in [-0.2, -0.15) is 5.10 Å². The maximum absolute atomic E-state index is 12.8. The molecule has 1 N–H and O–H groups in total. The quantitative estimate of drug-likeness (QED) is 0.906. The number of carbonyl (C=O) groups is 1. The molecular formula is C19H24N4O3. The summed E-state index contributed by atoms with van der Waals surface area (Å²) in [5.74, 6) is 0.459. The predicted molar refractivity (Wildman–Crippen MR) is 101 cm³/mol. The molecule has 1 aliphatic heterocycles. The molecule has 1 atom stereocenters. The largest absolute Gasteiger partial charge is 0.495 e. The first-order valence-corrected chi connectivity index (χ1v) is 8.71. The third-order valence-corrected chi connectivity index (χ3v) is 4.72. The average molecular weight is 356 g/mol. The summed E-state index contributed by atoms with van der Waals surface area (Å²) >= 11 is 0. The van der Waals surface area contributed by atoms with Crippen LogP contribution in [-0.2, 0) is 11.8 Å². The Hall–Kier alpha value is -2.83. The lowest BCUT2D eigenvalue weighted by molar-refractivity contribution is -0.120. The van der Waals surface area contributed by atoms with E-state index < -0.39 is 0 Å². The van der Waals surface area contributed by atoms with Crippen LogP contribution in [0.25, 0.3) is 0 Å². The van der Waals surface area contributed by atoms with Crippen LogP contribution < -0.4 is 20.5 Å². The van der Waals surface area contributed by atoms with Crippen molar-refractivity contribution in [3.8, 4) is 5.75 Å². The van der Waals surface area contributed by atoms with E-state index in [1.165, 1.54) is 4.68 Å². The molecule has 1 aliphatic rings. The average Bonchev–Trinajstić information content (AvgIpc) is 2.64. The normalized spacial score (nSPS) is 17.0. The summed E-state index contributed by atoms with van der Waals surface area (Å²) in [7, 11) is 3.21. The molecule has 26 heavy (non-hydrogen) atoms. The zero-order valence-electron chi connectivity index (χ0n) is 15.4. The summed E-state index contributed by atoms with van der Waals surface area (Å²) in [6, 6.07) is 7.27.